The van der Waals surface area contributed by atoms with E-state index in [-0.39, 0.29) is 18.6 Å². The lowest BCUT2D eigenvalue weighted by Gasteiger charge is -2.22. The van der Waals surface area contributed by atoms with Crippen molar-refractivity contribution in [3.8, 4) is 6.07 Å². The average Bonchev–Trinajstić information content (AvgIpc) is 2.44. The van der Waals surface area contributed by atoms with Crippen LogP contribution in [-0.4, -0.2) is 33.7 Å². The molecule has 0 N–H and O–H groups in total. The fourth-order valence-electron chi connectivity index (χ4n) is 2.08. The molecule has 0 aromatic heterocycles. The first-order valence-corrected chi connectivity index (χ1v) is 6.46. The molecule has 20 heavy (non-hydrogen) atoms. The molecule has 1 aliphatic rings. The van der Waals surface area contributed by atoms with Gasteiger partial charge in [0.1, 0.15) is 12.8 Å². The number of benzene rings is 1. The minimum atomic E-state index is -0.904. The molecule has 0 bridgehead atoms. The van der Waals surface area contributed by atoms with Crippen LogP contribution in [0.2, 0.25) is 0 Å². The van der Waals surface area contributed by atoms with Gasteiger partial charge in [-0.25, -0.2) is 4.79 Å². The van der Waals surface area contributed by atoms with Crippen molar-refractivity contribution in [1.29, 1.82) is 5.26 Å². The van der Waals surface area contributed by atoms with E-state index in [1.54, 1.807) is 0 Å². The van der Waals surface area contributed by atoms with Gasteiger partial charge in [0.25, 0.3) is 0 Å². The van der Waals surface area contributed by atoms with Crippen molar-refractivity contribution < 1.29 is 14.2 Å². The highest BCUT2D eigenvalue weighted by molar-refractivity contribution is 6.05. The summed E-state index contributed by atoms with van der Waals surface area (Å²) in [5, 5.41) is 9.06. The first kappa shape index (κ1) is 13.9. The number of amides is 3. The van der Waals surface area contributed by atoms with Gasteiger partial charge in [-0.2, -0.15) is 19.5 Å². The van der Waals surface area contributed by atoms with Crippen LogP contribution in [0.3, 0.4) is 0 Å². The van der Waals surface area contributed by atoms with Gasteiger partial charge in [-0.1, -0.05) is 30.3 Å². The SMILES string of the molecule is CC(C)[N+]1=CC(C#N)C(=O)N(Cc2ccccc2)C1=O. The van der Waals surface area contributed by atoms with E-state index in [1.165, 1.54) is 10.8 Å². The summed E-state index contributed by atoms with van der Waals surface area (Å²) in [4.78, 5) is 25.6. The molecule has 0 saturated carbocycles. The van der Waals surface area contributed by atoms with Gasteiger partial charge >= 0.3 is 11.9 Å². The number of rotatable bonds is 3. The number of carbonyl (C=O) groups excluding carboxylic acids is 2. The van der Waals surface area contributed by atoms with Gasteiger partial charge < -0.3 is 0 Å². The summed E-state index contributed by atoms with van der Waals surface area (Å²) < 4.78 is 1.44. The second-order valence-corrected chi connectivity index (χ2v) is 4.95. The number of urea groups is 1. The molecular formula is C15H16N3O2+. The molecule has 1 heterocycles. The number of imide groups is 1. The smallest absolute Gasteiger partial charge is 0.245 e. The third-order valence-electron chi connectivity index (χ3n) is 3.17. The van der Waals surface area contributed by atoms with Crippen LogP contribution >= 0.6 is 0 Å². The molecule has 102 valence electrons. The van der Waals surface area contributed by atoms with Crippen molar-refractivity contribution >= 4 is 18.2 Å². The lowest BCUT2D eigenvalue weighted by atomic mass is 10.1. The first-order valence-electron chi connectivity index (χ1n) is 6.46. The van der Waals surface area contributed by atoms with Crippen LogP contribution in [0.4, 0.5) is 4.79 Å². The highest BCUT2D eigenvalue weighted by Crippen LogP contribution is 2.15. The largest absolute Gasteiger partial charge is 0.500 e. The Hall–Kier alpha value is -2.48. The minimum Gasteiger partial charge on any atom is -0.245 e. The molecule has 1 aliphatic heterocycles. The normalized spacial score (nSPS) is 19.0. The third-order valence-corrected chi connectivity index (χ3v) is 3.17. The lowest BCUT2D eigenvalue weighted by Crippen LogP contribution is -2.52. The highest BCUT2D eigenvalue weighted by atomic mass is 16.2. The van der Waals surface area contributed by atoms with Crippen LogP contribution in [0.15, 0.2) is 30.3 Å². The zero-order valence-corrected chi connectivity index (χ0v) is 11.5. The van der Waals surface area contributed by atoms with Gasteiger partial charge in [0.15, 0.2) is 0 Å². The molecular weight excluding hydrogens is 254 g/mol. The van der Waals surface area contributed by atoms with Crippen molar-refractivity contribution in [3.05, 3.63) is 35.9 Å². The van der Waals surface area contributed by atoms with Gasteiger partial charge in [0.05, 0.1) is 12.1 Å². The van der Waals surface area contributed by atoms with Gasteiger partial charge in [-0.15, -0.1) is 0 Å². The van der Waals surface area contributed by atoms with E-state index in [1.807, 2.05) is 50.2 Å². The van der Waals surface area contributed by atoms with Crippen molar-refractivity contribution in [2.45, 2.75) is 26.4 Å². The predicted octanol–water partition coefficient (Wildman–Crippen LogP) is 1.78. The molecule has 0 saturated heterocycles. The van der Waals surface area contributed by atoms with Crippen LogP contribution in [0, 0.1) is 17.2 Å². The monoisotopic (exact) mass is 270 g/mol. The second-order valence-electron chi connectivity index (χ2n) is 4.95. The fraction of sp³-hybridized carbons (Fsp3) is 0.333. The molecule has 1 atom stereocenters. The summed E-state index contributed by atoms with van der Waals surface area (Å²) in [6.07, 6.45) is 1.41. The number of carbonyl (C=O) groups is 2. The first-order chi connectivity index (χ1) is 9.54. The molecule has 0 spiro atoms. The molecule has 2 rings (SSSR count). The quantitative estimate of drug-likeness (QED) is 0.786. The Bertz CT molecular complexity index is 599. The van der Waals surface area contributed by atoms with E-state index < -0.39 is 11.8 Å². The van der Waals surface area contributed by atoms with Crippen LogP contribution in [-0.2, 0) is 11.3 Å². The third kappa shape index (κ3) is 2.59. The van der Waals surface area contributed by atoms with E-state index in [4.69, 9.17) is 5.26 Å². The molecule has 0 aliphatic carbocycles. The maximum Gasteiger partial charge on any atom is 0.500 e. The maximum atomic E-state index is 12.3. The Labute approximate surface area is 117 Å². The summed E-state index contributed by atoms with van der Waals surface area (Å²) in [7, 11) is 0. The Balaban J connectivity index is 2.33. The Morgan fingerprint density at radius 1 is 1.30 bits per heavy atom. The second kappa shape index (κ2) is 5.66. The van der Waals surface area contributed by atoms with E-state index in [0.29, 0.717) is 0 Å². The van der Waals surface area contributed by atoms with E-state index in [0.717, 1.165) is 10.5 Å². The minimum absolute atomic E-state index is 0.0928. The van der Waals surface area contributed by atoms with Crippen molar-refractivity contribution in [1.82, 2.24) is 4.90 Å². The summed E-state index contributed by atoms with van der Waals surface area (Å²) in [6, 6.07) is 10.7. The van der Waals surface area contributed by atoms with E-state index >= 15 is 0 Å². The number of nitrogens with zero attached hydrogens (tertiary/aromatic N) is 3. The zero-order chi connectivity index (χ0) is 14.7. The maximum absolute atomic E-state index is 12.3. The van der Waals surface area contributed by atoms with Crippen LogP contribution in [0.1, 0.15) is 19.4 Å². The van der Waals surface area contributed by atoms with Crippen molar-refractivity contribution in [2.24, 2.45) is 5.92 Å². The summed E-state index contributed by atoms with van der Waals surface area (Å²) in [6.45, 7) is 3.88. The molecule has 3 amide bonds. The summed E-state index contributed by atoms with van der Waals surface area (Å²) in [5.74, 6) is -1.36. The Kier molecular flexibility index (Phi) is 3.94. The van der Waals surface area contributed by atoms with E-state index in [9.17, 15) is 9.59 Å². The van der Waals surface area contributed by atoms with Gasteiger partial charge in [-0.05, 0) is 19.4 Å². The van der Waals surface area contributed by atoms with Crippen LogP contribution < -0.4 is 0 Å². The summed E-state index contributed by atoms with van der Waals surface area (Å²) >= 11 is 0. The van der Waals surface area contributed by atoms with Crippen LogP contribution in [0.25, 0.3) is 0 Å². The molecule has 1 aromatic carbocycles. The topological polar surface area (TPSA) is 64.2 Å². The number of hydrogen-bond acceptors (Lipinski definition) is 3. The fourth-order valence-corrected chi connectivity index (χ4v) is 2.08. The Morgan fingerprint density at radius 3 is 2.50 bits per heavy atom. The predicted molar refractivity (Wildman–Crippen MR) is 73.0 cm³/mol. The van der Waals surface area contributed by atoms with Gasteiger partial charge in [-0.3, -0.25) is 0 Å². The van der Waals surface area contributed by atoms with Crippen molar-refractivity contribution in [3.63, 3.8) is 0 Å². The van der Waals surface area contributed by atoms with Crippen molar-refractivity contribution in [2.75, 3.05) is 0 Å². The molecule has 0 radical (unpaired) electrons. The van der Waals surface area contributed by atoms with Gasteiger partial charge in [0.2, 0.25) is 5.92 Å². The molecule has 5 nitrogen and oxygen atoms in total. The average molecular weight is 270 g/mol. The molecule has 1 aromatic rings. The highest BCUT2D eigenvalue weighted by Gasteiger charge is 2.43. The van der Waals surface area contributed by atoms with Crippen LogP contribution in [0.5, 0.6) is 0 Å². The standard InChI is InChI=1S/C15H16N3O2/c1-11(2)17-10-13(8-16)14(19)18(15(17)20)9-12-6-4-3-5-7-12/h3-7,10-11,13H,9H2,1-2H3/q+1. The number of hydrogen-bond donors (Lipinski definition) is 0. The molecule has 0 fully saturated rings. The molecule has 1 unspecified atom stereocenters. The zero-order valence-electron chi connectivity index (χ0n) is 11.5. The summed E-state index contributed by atoms with van der Waals surface area (Å²) in [5.41, 5.74) is 0.858. The van der Waals surface area contributed by atoms with Gasteiger partial charge in [0, 0.05) is 0 Å². The lowest BCUT2D eigenvalue weighted by molar-refractivity contribution is -0.469. The Morgan fingerprint density at radius 2 is 1.95 bits per heavy atom. The number of nitriles is 1. The van der Waals surface area contributed by atoms with E-state index in [2.05, 4.69) is 0 Å². The molecule has 5 heteroatoms.